The van der Waals surface area contributed by atoms with Gasteiger partial charge in [0.05, 0.1) is 21.2 Å². The quantitative estimate of drug-likeness (QED) is 0.233. The first kappa shape index (κ1) is 34.5. The Kier molecular flexibility index (Phi) is 11.4. The number of nitrogens with zero attached hydrogens (tertiary/aromatic N) is 2. The summed E-state index contributed by atoms with van der Waals surface area (Å²) in [4.78, 5) is 27.9. The van der Waals surface area contributed by atoms with Crippen molar-refractivity contribution in [1.29, 1.82) is 0 Å². The molecule has 1 N–H and O–H groups in total. The molecule has 0 spiro atoms. The molecule has 3 aromatic rings. The van der Waals surface area contributed by atoms with E-state index in [1.54, 1.807) is 19.1 Å². The van der Waals surface area contributed by atoms with Crippen molar-refractivity contribution in [3.63, 3.8) is 0 Å². The molecule has 2 amide bonds. The van der Waals surface area contributed by atoms with E-state index in [2.05, 4.69) is 5.32 Å². The number of hydrogen-bond acceptors (Lipinski definition) is 4. The first-order valence-corrected chi connectivity index (χ1v) is 15.6. The highest BCUT2D eigenvalue weighted by atomic mass is 35.5. The van der Waals surface area contributed by atoms with E-state index in [9.17, 15) is 31.2 Å². The van der Waals surface area contributed by atoms with Crippen LogP contribution < -0.4 is 9.62 Å². The summed E-state index contributed by atoms with van der Waals surface area (Å²) in [5.41, 5.74) is -1.44. The van der Waals surface area contributed by atoms with Crippen LogP contribution in [-0.2, 0) is 32.3 Å². The summed E-state index contributed by atoms with van der Waals surface area (Å²) in [7, 11) is -4.59. The Bertz CT molecular complexity index is 1550. The lowest BCUT2D eigenvalue weighted by atomic mass is 10.1. The van der Waals surface area contributed by atoms with Gasteiger partial charge < -0.3 is 10.2 Å². The monoisotopic (exact) mass is 677 g/mol. The standard InChI is InChI=1S/C29H29Cl3F3N3O4S/c1-4-18(2)36-28(40)19(3)37(16-22-24(30)11-8-12-25(22)31)27(39)17-38(43(41,42)21-9-6-5-7-10-21)20-13-14-26(32)23(15-20)29(33,34)35/h5-15,18-19H,4,16-17H2,1-3H3,(H,36,40)/t18-,19-/m1/s1. The zero-order chi connectivity index (χ0) is 32.1. The van der Waals surface area contributed by atoms with Gasteiger partial charge in [0.2, 0.25) is 11.8 Å². The number of rotatable bonds is 11. The molecule has 2 atom stereocenters. The van der Waals surface area contributed by atoms with Crippen molar-refractivity contribution in [2.24, 2.45) is 0 Å². The molecule has 0 aromatic heterocycles. The van der Waals surface area contributed by atoms with Gasteiger partial charge in [-0.2, -0.15) is 13.2 Å². The van der Waals surface area contributed by atoms with Crippen molar-refractivity contribution in [1.82, 2.24) is 10.2 Å². The number of carbonyl (C=O) groups is 2. The van der Waals surface area contributed by atoms with Crippen LogP contribution in [0, 0.1) is 0 Å². The second kappa shape index (κ2) is 14.2. The first-order chi connectivity index (χ1) is 20.1. The Morgan fingerprint density at radius 1 is 0.907 bits per heavy atom. The molecule has 232 valence electrons. The Morgan fingerprint density at radius 3 is 2.07 bits per heavy atom. The van der Waals surface area contributed by atoms with E-state index in [1.807, 2.05) is 6.92 Å². The highest BCUT2D eigenvalue weighted by Gasteiger charge is 2.37. The number of halogens is 6. The second-order valence-electron chi connectivity index (χ2n) is 9.70. The van der Waals surface area contributed by atoms with Crippen LogP contribution in [0.1, 0.15) is 38.3 Å². The minimum atomic E-state index is -4.91. The summed E-state index contributed by atoms with van der Waals surface area (Å²) in [5.74, 6) is -1.43. The molecular weight excluding hydrogens is 650 g/mol. The lowest BCUT2D eigenvalue weighted by Gasteiger charge is -2.33. The highest BCUT2D eigenvalue weighted by molar-refractivity contribution is 7.92. The largest absolute Gasteiger partial charge is 0.417 e. The lowest BCUT2D eigenvalue weighted by molar-refractivity contribution is -0.139. The zero-order valence-electron chi connectivity index (χ0n) is 23.3. The zero-order valence-corrected chi connectivity index (χ0v) is 26.4. The number of hydrogen-bond donors (Lipinski definition) is 1. The average molecular weight is 679 g/mol. The number of benzene rings is 3. The van der Waals surface area contributed by atoms with Crippen LogP contribution in [0.3, 0.4) is 0 Å². The molecule has 0 aliphatic heterocycles. The highest BCUT2D eigenvalue weighted by Crippen LogP contribution is 2.38. The van der Waals surface area contributed by atoms with Crippen LogP contribution in [-0.4, -0.2) is 43.8 Å². The minimum Gasteiger partial charge on any atom is -0.352 e. The van der Waals surface area contributed by atoms with Crippen molar-refractivity contribution in [3.8, 4) is 0 Å². The van der Waals surface area contributed by atoms with Crippen LogP contribution in [0.5, 0.6) is 0 Å². The van der Waals surface area contributed by atoms with E-state index in [-0.39, 0.29) is 27.5 Å². The molecule has 0 radical (unpaired) electrons. The Morgan fingerprint density at radius 2 is 1.51 bits per heavy atom. The SMILES string of the molecule is CC[C@@H](C)NC(=O)[C@@H](C)N(Cc1c(Cl)cccc1Cl)C(=O)CN(c1ccc(Cl)c(C(F)(F)F)c1)S(=O)(=O)c1ccccc1. The van der Waals surface area contributed by atoms with Gasteiger partial charge >= 0.3 is 6.18 Å². The fourth-order valence-electron chi connectivity index (χ4n) is 4.04. The van der Waals surface area contributed by atoms with Gasteiger partial charge in [-0.05, 0) is 62.7 Å². The summed E-state index contributed by atoms with van der Waals surface area (Å²) >= 11 is 18.5. The molecule has 0 aliphatic rings. The number of sulfonamides is 1. The molecule has 0 fully saturated rings. The molecule has 0 bridgehead atoms. The molecule has 0 heterocycles. The maximum absolute atomic E-state index is 14.0. The van der Waals surface area contributed by atoms with E-state index < -0.39 is 56.9 Å². The van der Waals surface area contributed by atoms with Crippen LogP contribution in [0.15, 0.2) is 71.6 Å². The Labute approximate surface area is 263 Å². The predicted octanol–water partition coefficient (Wildman–Crippen LogP) is 7.19. The molecular formula is C29H29Cl3F3N3O4S. The van der Waals surface area contributed by atoms with E-state index in [0.717, 1.165) is 17.0 Å². The Balaban J connectivity index is 2.14. The normalized spacial score (nSPS) is 13.2. The van der Waals surface area contributed by atoms with Gasteiger partial charge in [-0.3, -0.25) is 13.9 Å². The van der Waals surface area contributed by atoms with Crippen molar-refractivity contribution in [3.05, 3.63) is 92.9 Å². The van der Waals surface area contributed by atoms with Gasteiger partial charge in [0, 0.05) is 28.2 Å². The number of anilines is 1. The molecule has 0 saturated carbocycles. The van der Waals surface area contributed by atoms with E-state index in [4.69, 9.17) is 34.8 Å². The topological polar surface area (TPSA) is 86.8 Å². The van der Waals surface area contributed by atoms with Crippen molar-refractivity contribution in [2.45, 2.75) is 56.9 Å². The van der Waals surface area contributed by atoms with Crippen LogP contribution in [0.25, 0.3) is 0 Å². The van der Waals surface area contributed by atoms with E-state index >= 15 is 0 Å². The third kappa shape index (κ3) is 8.35. The van der Waals surface area contributed by atoms with E-state index in [1.165, 1.54) is 43.3 Å². The van der Waals surface area contributed by atoms with Crippen LogP contribution >= 0.6 is 34.8 Å². The third-order valence-corrected chi connectivity index (χ3v) is 9.54. The molecule has 3 aromatic carbocycles. The maximum Gasteiger partial charge on any atom is 0.417 e. The average Bonchev–Trinajstić information content (AvgIpc) is 2.95. The number of alkyl halides is 3. The minimum absolute atomic E-state index is 0.195. The molecule has 0 saturated heterocycles. The van der Waals surface area contributed by atoms with Crippen molar-refractivity contribution < 1.29 is 31.2 Å². The summed E-state index contributed by atoms with van der Waals surface area (Å²) < 4.78 is 69.4. The Hall–Kier alpha value is -2.99. The molecule has 0 aliphatic carbocycles. The van der Waals surface area contributed by atoms with Gasteiger partial charge in [0.15, 0.2) is 0 Å². The predicted molar refractivity (Wildman–Crippen MR) is 162 cm³/mol. The van der Waals surface area contributed by atoms with E-state index in [0.29, 0.717) is 22.4 Å². The molecule has 3 rings (SSSR count). The van der Waals surface area contributed by atoms with Gasteiger partial charge in [0.1, 0.15) is 12.6 Å². The molecule has 14 heteroatoms. The summed E-state index contributed by atoms with van der Waals surface area (Å²) in [6, 6.07) is 12.7. The fraction of sp³-hybridized carbons (Fsp3) is 0.310. The van der Waals surface area contributed by atoms with Crippen LogP contribution in [0.4, 0.5) is 18.9 Å². The van der Waals surface area contributed by atoms with Crippen molar-refractivity contribution in [2.75, 3.05) is 10.8 Å². The smallest absolute Gasteiger partial charge is 0.352 e. The lowest BCUT2D eigenvalue weighted by Crippen LogP contribution is -2.52. The summed E-state index contributed by atoms with van der Waals surface area (Å²) in [6.45, 7) is 3.82. The number of amides is 2. The number of nitrogens with one attached hydrogen (secondary N) is 1. The van der Waals surface area contributed by atoms with Crippen LogP contribution in [0.2, 0.25) is 15.1 Å². The molecule has 7 nitrogen and oxygen atoms in total. The molecule has 43 heavy (non-hydrogen) atoms. The summed E-state index contributed by atoms with van der Waals surface area (Å²) in [5, 5.41) is 2.52. The fourth-order valence-corrected chi connectivity index (χ4v) is 6.20. The van der Waals surface area contributed by atoms with Gasteiger partial charge in [-0.25, -0.2) is 8.42 Å². The summed E-state index contributed by atoms with van der Waals surface area (Å²) in [6.07, 6.45) is -4.31. The molecule has 0 unspecified atom stereocenters. The van der Waals surface area contributed by atoms with Gasteiger partial charge in [0.25, 0.3) is 10.0 Å². The van der Waals surface area contributed by atoms with Gasteiger partial charge in [-0.1, -0.05) is 66.0 Å². The third-order valence-electron chi connectivity index (χ3n) is 6.71. The maximum atomic E-state index is 14.0. The van der Waals surface area contributed by atoms with Gasteiger partial charge in [-0.15, -0.1) is 0 Å². The first-order valence-electron chi connectivity index (χ1n) is 13.0. The number of carbonyl (C=O) groups excluding carboxylic acids is 2. The second-order valence-corrected chi connectivity index (χ2v) is 12.8. The van der Waals surface area contributed by atoms with Crippen molar-refractivity contribution >= 4 is 62.3 Å².